The Labute approximate surface area is 156 Å². The molecule has 0 aliphatic rings. The van der Waals surface area contributed by atoms with Gasteiger partial charge in [0, 0.05) is 5.69 Å². The number of amides is 1. The average molecular weight is 377 g/mol. The van der Waals surface area contributed by atoms with Gasteiger partial charge >= 0.3 is 6.61 Å². The Balaban J connectivity index is 1.90. The fourth-order valence-corrected chi connectivity index (χ4v) is 2.24. The van der Waals surface area contributed by atoms with Gasteiger partial charge in [0.25, 0.3) is 5.91 Å². The highest BCUT2D eigenvalue weighted by Gasteiger charge is 2.07. The molecule has 27 heavy (non-hydrogen) atoms. The van der Waals surface area contributed by atoms with E-state index in [0.717, 1.165) is 11.4 Å². The van der Waals surface area contributed by atoms with Crippen LogP contribution in [0.15, 0.2) is 53.6 Å². The maximum atomic E-state index is 12.2. The SMILES string of the molecule is CCC(=NNC(=O)CNc1ccc(OC)cc1)c1ccc(OC(F)F)cc1. The van der Waals surface area contributed by atoms with E-state index >= 15 is 0 Å². The van der Waals surface area contributed by atoms with Crippen molar-refractivity contribution >= 4 is 17.3 Å². The fraction of sp³-hybridized carbons (Fsp3) is 0.263. The summed E-state index contributed by atoms with van der Waals surface area (Å²) < 4.78 is 33.7. The number of carbonyl (C=O) groups is 1. The number of benzene rings is 2. The molecule has 8 heteroatoms. The second kappa shape index (κ2) is 10.1. The van der Waals surface area contributed by atoms with Crippen molar-refractivity contribution in [3.05, 3.63) is 54.1 Å². The van der Waals surface area contributed by atoms with Gasteiger partial charge in [0.1, 0.15) is 11.5 Å². The third kappa shape index (κ3) is 6.58. The van der Waals surface area contributed by atoms with Crippen LogP contribution in [0.3, 0.4) is 0 Å². The van der Waals surface area contributed by atoms with E-state index < -0.39 is 6.61 Å². The van der Waals surface area contributed by atoms with Crippen molar-refractivity contribution in [2.24, 2.45) is 5.10 Å². The zero-order valence-electron chi connectivity index (χ0n) is 15.0. The smallest absolute Gasteiger partial charge is 0.387 e. The van der Waals surface area contributed by atoms with Gasteiger partial charge in [-0.05, 0) is 60.5 Å². The number of nitrogens with one attached hydrogen (secondary N) is 2. The number of hydrazone groups is 1. The van der Waals surface area contributed by atoms with Crippen molar-refractivity contribution in [2.45, 2.75) is 20.0 Å². The molecule has 144 valence electrons. The van der Waals surface area contributed by atoms with Gasteiger partial charge in [-0.25, -0.2) is 5.43 Å². The number of alkyl halides is 2. The minimum absolute atomic E-state index is 0.0496. The van der Waals surface area contributed by atoms with Gasteiger partial charge in [0.15, 0.2) is 0 Å². The standard InChI is InChI=1S/C19H21F2N3O3/c1-3-17(13-4-8-16(9-5-13)27-19(20)21)23-24-18(25)12-22-14-6-10-15(26-2)11-7-14/h4-11,19,22H,3,12H2,1-2H3,(H,24,25). The predicted molar refractivity (Wildman–Crippen MR) is 99.5 cm³/mol. The lowest BCUT2D eigenvalue weighted by molar-refractivity contribution is -0.119. The van der Waals surface area contributed by atoms with E-state index in [1.54, 1.807) is 43.5 Å². The molecular formula is C19H21F2N3O3. The molecule has 2 rings (SSSR count). The summed E-state index contributed by atoms with van der Waals surface area (Å²) in [5.74, 6) is 0.485. The summed E-state index contributed by atoms with van der Waals surface area (Å²) in [6.45, 7) is -0.939. The monoisotopic (exact) mass is 377 g/mol. The van der Waals surface area contributed by atoms with Gasteiger partial charge in [-0.15, -0.1) is 0 Å². The quantitative estimate of drug-likeness (QED) is 0.517. The average Bonchev–Trinajstić information content (AvgIpc) is 2.68. The topological polar surface area (TPSA) is 72.0 Å². The zero-order valence-corrected chi connectivity index (χ0v) is 15.0. The van der Waals surface area contributed by atoms with E-state index in [1.165, 1.54) is 12.1 Å². The molecule has 1 amide bonds. The molecule has 0 saturated heterocycles. The third-order valence-electron chi connectivity index (χ3n) is 3.61. The van der Waals surface area contributed by atoms with E-state index in [-0.39, 0.29) is 18.2 Å². The normalized spacial score (nSPS) is 11.2. The highest BCUT2D eigenvalue weighted by Crippen LogP contribution is 2.16. The first-order valence-electron chi connectivity index (χ1n) is 8.30. The van der Waals surface area contributed by atoms with Crippen molar-refractivity contribution in [1.82, 2.24) is 5.43 Å². The van der Waals surface area contributed by atoms with Crippen molar-refractivity contribution in [3.63, 3.8) is 0 Å². The van der Waals surface area contributed by atoms with Crippen LogP contribution < -0.4 is 20.2 Å². The summed E-state index contributed by atoms with van der Waals surface area (Å²) in [6, 6.07) is 13.3. The Morgan fingerprint density at radius 1 is 1.07 bits per heavy atom. The van der Waals surface area contributed by atoms with Crippen LogP contribution in [0.25, 0.3) is 0 Å². The van der Waals surface area contributed by atoms with Crippen LogP contribution >= 0.6 is 0 Å². The van der Waals surface area contributed by atoms with Gasteiger partial charge in [-0.3, -0.25) is 4.79 Å². The van der Waals surface area contributed by atoms with Crippen LogP contribution in [-0.2, 0) is 4.79 Å². The molecule has 2 aromatic rings. The number of nitrogens with zero attached hydrogens (tertiary/aromatic N) is 1. The van der Waals surface area contributed by atoms with Crippen molar-refractivity contribution < 1.29 is 23.0 Å². The lowest BCUT2D eigenvalue weighted by Gasteiger charge is -2.09. The molecule has 0 aliphatic heterocycles. The summed E-state index contributed by atoms with van der Waals surface area (Å²) in [7, 11) is 1.58. The van der Waals surface area contributed by atoms with Crippen molar-refractivity contribution in [3.8, 4) is 11.5 Å². The minimum atomic E-state index is -2.87. The van der Waals surface area contributed by atoms with E-state index in [0.29, 0.717) is 17.7 Å². The van der Waals surface area contributed by atoms with Gasteiger partial charge in [-0.1, -0.05) is 6.92 Å². The molecule has 0 heterocycles. The maximum absolute atomic E-state index is 12.2. The summed E-state index contributed by atoms with van der Waals surface area (Å²) >= 11 is 0. The first-order chi connectivity index (χ1) is 13.0. The molecule has 0 aromatic heterocycles. The Morgan fingerprint density at radius 3 is 2.26 bits per heavy atom. The van der Waals surface area contributed by atoms with Crippen LogP contribution in [0, 0.1) is 0 Å². The number of rotatable bonds is 9. The van der Waals surface area contributed by atoms with Crippen LogP contribution in [0.4, 0.5) is 14.5 Å². The number of methoxy groups -OCH3 is 1. The molecule has 0 aliphatic carbocycles. The molecule has 2 N–H and O–H groups in total. The van der Waals surface area contributed by atoms with Crippen LogP contribution in [0.1, 0.15) is 18.9 Å². The highest BCUT2D eigenvalue weighted by atomic mass is 19.3. The van der Waals surface area contributed by atoms with Crippen molar-refractivity contribution in [2.75, 3.05) is 19.0 Å². The largest absolute Gasteiger partial charge is 0.497 e. The van der Waals surface area contributed by atoms with Gasteiger partial charge in [0.05, 0.1) is 19.4 Å². The molecule has 0 unspecified atom stereocenters. The van der Waals surface area contributed by atoms with E-state index in [2.05, 4.69) is 20.6 Å². The van der Waals surface area contributed by atoms with Crippen LogP contribution in [-0.4, -0.2) is 31.9 Å². The number of hydrogen-bond donors (Lipinski definition) is 2. The molecule has 0 saturated carbocycles. The molecule has 0 atom stereocenters. The Morgan fingerprint density at radius 2 is 1.70 bits per heavy atom. The summed E-state index contributed by atoms with van der Waals surface area (Å²) in [5.41, 5.74) is 4.59. The second-order valence-electron chi connectivity index (χ2n) is 5.43. The molecule has 0 fully saturated rings. The third-order valence-corrected chi connectivity index (χ3v) is 3.61. The number of carbonyl (C=O) groups excluding carboxylic acids is 1. The van der Waals surface area contributed by atoms with Gasteiger partial charge in [-0.2, -0.15) is 13.9 Å². The molecule has 2 aromatic carbocycles. The molecule has 0 spiro atoms. The van der Waals surface area contributed by atoms with Crippen molar-refractivity contribution in [1.29, 1.82) is 0 Å². The number of anilines is 1. The summed E-state index contributed by atoms with van der Waals surface area (Å²) in [4.78, 5) is 12.0. The molecule has 6 nitrogen and oxygen atoms in total. The first kappa shape index (κ1) is 20.2. The second-order valence-corrected chi connectivity index (χ2v) is 5.43. The highest BCUT2D eigenvalue weighted by molar-refractivity contribution is 6.01. The van der Waals surface area contributed by atoms with E-state index in [4.69, 9.17) is 4.74 Å². The minimum Gasteiger partial charge on any atom is -0.497 e. The lowest BCUT2D eigenvalue weighted by atomic mass is 10.1. The molecule has 0 bridgehead atoms. The predicted octanol–water partition coefficient (Wildman–Crippen LogP) is 3.64. The van der Waals surface area contributed by atoms with Gasteiger partial charge in [0.2, 0.25) is 0 Å². The molecular weight excluding hydrogens is 356 g/mol. The number of hydrogen-bond acceptors (Lipinski definition) is 5. The van der Waals surface area contributed by atoms with Crippen LogP contribution in [0.5, 0.6) is 11.5 Å². The van der Waals surface area contributed by atoms with Gasteiger partial charge < -0.3 is 14.8 Å². The Hall–Kier alpha value is -3.16. The zero-order chi connectivity index (χ0) is 19.6. The van der Waals surface area contributed by atoms with Crippen LogP contribution in [0.2, 0.25) is 0 Å². The Kier molecular flexibility index (Phi) is 7.54. The summed E-state index contributed by atoms with van der Waals surface area (Å²) in [5, 5.41) is 7.09. The first-order valence-corrected chi connectivity index (χ1v) is 8.30. The van der Waals surface area contributed by atoms with E-state index in [1.807, 2.05) is 6.92 Å². The molecule has 0 radical (unpaired) electrons. The number of halogens is 2. The Bertz CT molecular complexity index is 763. The van der Waals surface area contributed by atoms with E-state index in [9.17, 15) is 13.6 Å². The number of ether oxygens (including phenoxy) is 2. The fourth-order valence-electron chi connectivity index (χ4n) is 2.24. The maximum Gasteiger partial charge on any atom is 0.387 e. The summed E-state index contributed by atoms with van der Waals surface area (Å²) in [6.07, 6.45) is 0.557. The lowest BCUT2D eigenvalue weighted by Crippen LogP contribution is -2.27.